The van der Waals surface area contributed by atoms with E-state index in [-0.39, 0.29) is 12.1 Å². The highest BCUT2D eigenvalue weighted by atomic mass is 32.1. The molecule has 0 aliphatic heterocycles. The zero-order valence-electron chi connectivity index (χ0n) is 12.2. The highest BCUT2D eigenvalue weighted by molar-refractivity contribution is 7.09. The van der Waals surface area contributed by atoms with Crippen LogP contribution in [0.2, 0.25) is 0 Å². The molecule has 2 atom stereocenters. The van der Waals surface area contributed by atoms with E-state index < -0.39 is 6.03 Å². The molecule has 5 nitrogen and oxygen atoms in total. The van der Waals surface area contributed by atoms with E-state index in [0.29, 0.717) is 5.69 Å². The highest BCUT2D eigenvalue weighted by Crippen LogP contribution is 2.24. The van der Waals surface area contributed by atoms with Crippen LogP contribution in [0.1, 0.15) is 42.9 Å². The number of aromatic nitrogens is 1. The van der Waals surface area contributed by atoms with Gasteiger partial charge in [0.25, 0.3) is 0 Å². The Bertz CT molecular complexity index is 568. The van der Waals surface area contributed by atoms with Gasteiger partial charge < -0.3 is 16.4 Å². The fourth-order valence-electron chi connectivity index (χ4n) is 2.17. The maximum Gasteiger partial charge on any atom is 0.316 e. The monoisotopic (exact) mass is 304 g/mol. The number of primary amides is 1. The minimum Gasteiger partial charge on any atom is -0.351 e. The van der Waals surface area contributed by atoms with Crippen molar-refractivity contribution in [1.29, 1.82) is 0 Å². The molecule has 21 heavy (non-hydrogen) atoms. The fourth-order valence-corrected chi connectivity index (χ4v) is 2.95. The van der Waals surface area contributed by atoms with E-state index in [1.165, 1.54) is 0 Å². The molecule has 2 aromatic rings. The number of hydrogen-bond acceptors (Lipinski definition) is 4. The van der Waals surface area contributed by atoms with E-state index in [0.717, 1.165) is 17.0 Å². The number of thiazole rings is 1. The normalized spacial score (nSPS) is 13.6. The van der Waals surface area contributed by atoms with Crippen molar-refractivity contribution >= 4 is 23.1 Å². The molecule has 1 aromatic carbocycles. The van der Waals surface area contributed by atoms with Gasteiger partial charge in [0.05, 0.1) is 6.04 Å². The minimum atomic E-state index is -0.552. The highest BCUT2D eigenvalue weighted by Gasteiger charge is 2.15. The Balaban J connectivity index is 2.02. The number of carbonyl (C=O) groups excluding carboxylic acids is 1. The molecule has 6 heteroatoms. The van der Waals surface area contributed by atoms with Crippen LogP contribution in [0.15, 0.2) is 35.8 Å². The third kappa shape index (κ3) is 4.27. The molecule has 112 valence electrons. The summed E-state index contributed by atoms with van der Waals surface area (Å²) in [4.78, 5) is 15.2. The average molecular weight is 304 g/mol. The van der Waals surface area contributed by atoms with E-state index in [4.69, 9.17) is 5.73 Å². The van der Waals surface area contributed by atoms with Crippen molar-refractivity contribution in [2.24, 2.45) is 5.73 Å². The van der Waals surface area contributed by atoms with E-state index in [1.54, 1.807) is 11.3 Å². The quantitative estimate of drug-likeness (QED) is 0.765. The van der Waals surface area contributed by atoms with Gasteiger partial charge in [-0.25, -0.2) is 9.78 Å². The van der Waals surface area contributed by atoms with Crippen LogP contribution in [0.25, 0.3) is 0 Å². The predicted octanol–water partition coefficient (Wildman–Crippen LogP) is 3.44. The summed E-state index contributed by atoms with van der Waals surface area (Å²) < 4.78 is 0. The van der Waals surface area contributed by atoms with Crippen LogP contribution >= 0.6 is 11.3 Å². The van der Waals surface area contributed by atoms with Gasteiger partial charge in [0, 0.05) is 23.3 Å². The Labute approximate surface area is 128 Å². The van der Waals surface area contributed by atoms with Crippen LogP contribution in [0.3, 0.4) is 0 Å². The largest absolute Gasteiger partial charge is 0.351 e. The molecule has 0 saturated heterocycles. The first-order valence-corrected chi connectivity index (χ1v) is 7.80. The maximum absolute atomic E-state index is 10.8. The zero-order valence-corrected chi connectivity index (χ0v) is 13.0. The molecule has 0 radical (unpaired) electrons. The molecule has 0 fully saturated rings. The van der Waals surface area contributed by atoms with Crippen molar-refractivity contribution in [3.63, 3.8) is 0 Å². The summed E-state index contributed by atoms with van der Waals surface area (Å²) in [6, 6.07) is 7.56. The summed E-state index contributed by atoms with van der Waals surface area (Å²) in [5, 5.41) is 9.24. The lowest BCUT2D eigenvalue weighted by Gasteiger charge is -2.21. The number of rotatable bonds is 6. The number of benzene rings is 1. The maximum atomic E-state index is 10.8. The zero-order chi connectivity index (χ0) is 15.2. The third-order valence-electron chi connectivity index (χ3n) is 3.29. The number of urea groups is 1. The molecule has 1 aromatic heterocycles. The van der Waals surface area contributed by atoms with Crippen LogP contribution < -0.4 is 16.4 Å². The lowest BCUT2D eigenvalue weighted by Crippen LogP contribution is -2.24. The van der Waals surface area contributed by atoms with Crippen molar-refractivity contribution in [2.45, 2.75) is 32.4 Å². The molecular weight excluding hydrogens is 284 g/mol. The van der Waals surface area contributed by atoms with Gasteiger partial charge in [-0.2, -0.15) is 0 Å². The Morgan fingerprint density at radius 3 is 2.62 bits per heavy atom. The second-order valence-electron chi connectivity index (χ2n) is 4.83. The molecule has 0 saturated carbocycles. The number of anilines is 1. The lowest BCUT2D eigenvalue weighted by atomic mass is 10.1. The molecule has 4 N–H and O–H groups in total. The van der Waals surface area contributed by atoms with Crippen molar-refractivity contribution in [1.82, 2.24) is 10.3 Å². The Hall–Kier alpha value is -1.92. The van der Waals surface area contributed by atoms with Crippen molar-refractivity contribution in [3.8, 4) is 0 Å². The number of hydrogen-bond donors (Lipinski definition) is 3. The van der Waals surface area contributed by atoms with Gasteiger partial charge in [0.1, 0.15) is 5.01 Å². The smallest absolute Gasteiger partial charge is 0.316 e. The van der Waals surface area contributed by atoms with Crippen LogP contribution in [-0.4, -0.2) is 11.0 Å². The lowest BCUT2D eigenvalue weighted by molar-refractivity contribution is 0.259. The molecule has 2 rings (SSSR count). The Morgan fingerprint density at radius 1 is 1.38 bits per heavy atom. The average Bonchev–Trinajstić information content (AvgIpc) is 2.98. The van der Waals surface area contributed by atoms with Gasteiger partial charge in [-0.1, -0.05) is 19.1 Å². The number of carbonyl (C=O) groups is 1. The van der Waals surface area contributed by atoms with E-state index in [2.05, 4.69) is 29.5 Å². The molecular formula is C15H20N4OS. The van der Waals surface area contributed by atoms with Gasteiger partial charge in [0.2, 0.25) is 0 Å². The van der Waals surface area contributed by atoms with Crippen LogP contribution in [0, 0.1) is 0 Å². The minimum absolute atomic E-state index is 0.196. The Kier molecular flexibility index (Phi) is 5.30. The van der Waals surface area contributed by atoms with Crippen molar-refractivity contribution in [2.75, 3.05) is 5.32 Å². The summed E-state index contributed by atoms with van der Waals surface area (Å²) in [6.45, 7) is 4.26. The molecule has 2 amide bonds. The second-order valence-corrected chi connectivity index (χ2v) is 5.76. The van der Waals surface area contributed by atoms with Crippen molar-refractivity contribution in [3.05, 3.63) is 46.4 Å². The number of amides is 2. The molecule has 0 spiro atoms. The molecule has 0 aliphatic carbocycles. The fraction of sp³-hybridized carbons (Fsp3) is 0.333. The van der Waals surface area contributed by atoms with Crippen molar-refractivity contribution < 1.29 is 4.79 Å². The summed E-state index contributed by atoms with van der Waals surface area (Å²) in [6.07, 6.45) is 2.82. The van der Waals surface area contributed by atoms with E-state index in [9.17, 15) is 4.79 Å². The first kappa shape index (κ1) is 15.5. The van der Waals surface area contributed by atoms with E-state index in [1.807, 2.05) is 35.8 Å². The van der Waals surface area contributed by atoms with Gasteiger partial charge in [0.15, 0.2) is 0 Å². The summed E-state index contributed by atoms with van der Waals surface area (Å²) >= 11 is 1.67. The SMILES string of the molecule is CCC(NC(C)c1ccc(NC(N)=O)cc1)c1nccs1. The number of nitrogens with one attached hydrogen (secondary N) is 2. The van der Waals surface area contributed by atoms with Crippen LogP contribution in [0.5, 0.6) is 0 Å². The molecule has 1 heterocycles. The summed E-state index contributed by atoms with van der Waals surface area (Å²) in [5.41, 5.74) is 6.94. The third-order valence-corrected chi connectivity index (χ3v) is 4.18. The standard InChI is InChI=1S/C15H20N4OS/c1-3-13(14-17-8-9-21-14)18-10(2)11-4-6-12(7-5-11)19-15(16)20/h4-10,13,18H,3H2,1-2H3,(H3,16,19,20). The summed E-state index contributed by atoms with van der Waals surface area (Å²) in [5.74, 6) is 0. The van der Waals surface area contributed by atoms with Gasteiger partial charge >= 0.3 is 6.03 Å². The topological polar surface area (TPSA) is 80.0 Å². The van der Waals surface area contributed by atoms with Gasteiger partial charge in [-0.3, -0.25) is 0 Å². The molecule has 0 bridgehead atoms. The Morgan fingerprint density at radius 2 is 2.10 bits per heavy atom. The van der Waals surface area contributed by atoms with Gasteiger partial charge in [-0.05, 0) is 31.0 Å². The summed E-state index contributed by atoms with van der Waals surface area (Å²) in [7, 11) is 0. The predicted molar refractivity (Wildman–Crippen MR) is 86.3 cm³/mol. The molecule has 2 unspecified atom stereocenters. The molecule has 0 aliphatic rings. The second kappa shape index (κ2) is 7.19. The number of nitrogens with zero attached hydrogens (tertiary/aromatic N) is 1. The van der Waals surface area contributed by atoms with E-state index >= 15 is 0 Å². The van der Waals surface area contributed by atoms with Gasteiger partial charge in [-0.15, -0.1) is 11.3 Å². The number of nitrogens with two attached hydrogens (primary N) is 1. The van der Waals surface area contributed by atoms with Crippen LogP contribution in [0.4, 0.5) is 10.5 Å². The first-order valence-electron chi connectivity index (χ1n) is 6.92. The van der Waals surface area contributed by atoms with Crippen LogP contribution in [-0.2, 0) is 0 Å². The first-order chi connectivity index (χ1) is 10.1.